The van der Waals surface area contributed by atoms with Gasteiger partial charge in [0.05, 0.1) is 0 Å². The minimum absolute atomic E-state index is 0.450. The second kappa shape index (κ2) is 7.52. The van der Waals surface area contributed by atoms with Crippen LogP contribution in [-0.4, -0.2) is 23.5 Å². The molecule has 0 fully saturated rings. The lowest BCUT2D eigenvalue weighted by molar-refractivity contribution is 0.843. The van der Waals surface area contributed by atoms with Crippen LogP contribution in [0.4, 0.5) is 5.69 Å². The van der Waals surface area contributed by atoms with Crippen molar-refractivity contribution in [2.24, 2.45) is 5.73 Å². The number of nitrogens with two attached hydrogens (primary N) is 1. The van der Waals surface area contributed by atoms with Crippen molar-refractivity contribution in [2.75, 3.05) is 23.9 Å². The lowest BCUT2D eigenvalue weighted by Crippen LogP contribution is -2.09. The van der Waals surface area contributed by atoms with Crippen molar-refractivity contribution < 1.29 is 0 Å². The Morgan fingerprint density at radius 2 is 2.00 bits per heavy atom. The van der Waals surface area contributed by atoms with Crippen LogP contribution in [0, 0.1) is 0 Å². The van der Waals surface area contributed by atoms with Gasteiger partial charge in [0.2, 0.25) is 0 Å². The fourth-order valence-corrected chi connectivity index (χ4v) is 1.99. The van der Waals surface area contributed by atoms with Gasteiger partial charge >= 0.3 is 0 Å². The summed E-state index contributed by atoms with van der Waals surface area (Å²) in [7, 11) is 0. The molecule has 0 bridgehead atoms. The van der Waals surface area contributed by atoms with E-state index in [9.17, 15) is 0 Å². The zero-order valence-electron chi connectivity index (χ0n) is 9.53. The summed E-state index contributed by atoms with van der Waals surface area (Å²) in [4.78, 5) is 0.450. The zero-order chi connectivity index (χ0) is 11.8. The zero-order valence-corrected chi connectivity index (χ0v) is 11.2. The molecule has 1 rings (SSSR count). The molecule has 4 heteroatoms. The highest BCUT2D eigenvalue weighted by Crippen LogP contribution is 2.10. The van der Waals surface area contributed by atoms with Crippen molar-refractivity contribution in [1.29, 1.82) is 0 Å². The molecule has 1 aromatic rings. The molecule has 1 aromatic carbocycles. The number of unbranched alkanes of at least 4 members (excludes halogenated alkanes) is 1. The first kappa shape index (κ1) is 13.3. The van der Waals surface area contributed by atoms with Gasteiger partial charge in [-0.25, -0.2) is 0 Å². The molecule has 0 saturated heterocycles. The highest BCUT2D eigenvalue weighted by molar-refractivity contribution is 7.98. The smallest absolute Gasteiger partial charge is 0.103 e. The first-order chi connectivity index (χ1) is 7.74. The molecule has 16 heavy (non-hydrogen) atoms. The summed E-state index contributed by atoms with van der Waals surface area (Å²) in [5.74, 6) is 1.24. The van der Waals surface area contributed by atoms with Gasteiger partial charge in [-0.1, -0.05) is 12.2 Å². The quantitative estimate of drug-likeness (QED) is 0.579. The largest absolute Gasteiger partial charge is 0.389 e. The first-order valence-corrected chi connectivity index (χ1v) is 7.17. The van der Waals surface area contributed by atoms with E-state index >= 15 is 0 Å². The number of nitrogens with one attached hydrogen (secondary N) is 1. The molecule has 0 unspecified atom stereocenters. The molecule has 0 amide bonds. The molecule has 0 radical (unpaired) electrons. The molecule has 88 valence electrons. The molecule has 2 nitrogen and oxygen atoms in total. The number of anilines is 1. The van der Waals surface area contributed by atoms with E-state index in [2.05, 4.69) is 11.6 Å². The Balaban J connectivity index is 2.29. The maximum atomic E-state index is 5.53. The summed E-state index contributed by atoms with van der Waals surface area (Å²) in [5, 5.41) is 3.38. The van der Waals surface area contributed by atoms with Crippen molar-refractivity contribution in [3.8, 4) is 0 Å². The predicted octanol–water partition coefficient (Wildman–Crippen LogP) is 2.88. The Morgan fingerprint density at radius 3 is 2.56 bits per heavy atom. The van der Waals surface area contributed by atoms with Crippen LogP contribution in [0.5, 0.6) is 0 Å². The molecule has 0 aliphatic carbocycles. The maximum Gasteiger partial charge on any atom is 0.103 e. The van der Waals surface area contributed by atoms with Crippen molar-refractivity contribution >= 4 is 34.7 Å². The van der Waals surface area contributed by atoms with E-state index in [4.69, 9.17) is 18.0 Å². The Hall–Kier alpha value is -0.740. The third-order valence-corrected chi connectivity index (χ3v) is 3.21. The predicted molar refractivity (Wildman–Crippen MR) is 78.4 cm³/mol. The third-order valence-electron chi connectivity index (χ3n) is 2.27. The van der Waals surface area contributed by atoms with Crippen LogP contribution in [0.3, 0.4) is 0 Å². The van der Waals surface area contributed by atoms with E-state index in [-0.39, 0.29) is 0 Å². The SMILES string of the molecule is CSCCCCNc1ccc(C(N)=S)cc1. The number of thiocarbonyl (C=S) groups is 1. The number of thioether (sulfide) groups is 1. The molecule has 0 aliphatic rings. The third kappa shape index (κ3) is 4.86. The van der Waals surface area contributed by atoms with Gasteiger partial charge in [0.25, 0.3) is 0 Å². The van der Waals surface area contributed by atoms with Gasteiger partial charge in [0.1, 0.15) is 4.99 Å². The fraction of sp³-hybridized carbons (Fsp3) is 0.417. The summed E-state index contributed by atoms with van der Waals surface area (Å²) >= 11 is 6.79. The Morgan fingerprint density at radius 1 is 1.31 bits per heavy atom. The van der Waals surface area contributed by atoms with Crippen molar-refractivity contribution in [2.45, 2.75) is 12.8 Å². The summed E-state index contributed by atoms with van der Waals surface area (Å²) < 4.78 is 0. The summed E-state index contributed by atoms with van der Waals surface area (Å²) in [6.45, 7) is 1.02. The van der Waals surface area contributed by atoms with E-state index < -0.39 is 0 Å². The molecule has 0 saturated carbocycles. The van der Waals surface area contributed by atoms with Crippen molar-refractivity contribution in [3.05, 3.63) is 29.8 Å². The van der Waals surface area contributed by atoms with Crippen LogP contribution in [0.15, 0.2) is 24.3 Å². The van der Waals surface area contributed by atoms with Gasteiger partial charge in [-0.05, 0) is 49.1 Å². The summed E-state index contributed by atoms with van der Waals surface area (Å²) in [6, 6.07) is 7.94. The van der Waals surface area contributed by atoms with Gasteiger partial charge < -0.3 is 11.1 Å². The molecule has 0 aromatic heterocycles. The van der Waals surface area contributed by atoms with Crippen molar-refractivity contribution in [3.63, 3.8) is 0 Å². The van der Waals surface area contributed by atoms with Crippen LogP contribution in [-0.2, 0) is 0 Å². The average Bonchev–Trinajstić information content (AvgIpc) is 2.29. The normalized spacial score (nSPS) is 10.1. The second-order valence-electron chi connectivity index (χ2n) is 3.57. The highest BCUT2D eigenvalue weighted by atomic mass is 32.2. The van der Waals surface area contributed by atoms with E-state index in [0.717, 1.165) is 17.8 Å². The monoisotopic (exact) mass is 254 g/mol. The molecule has 0 spiro atoms. The number of hydrogen-bond acceptors (Lipinski definition) is 3. The minimum atomic E-state index is 0.450. The highest BCUT2D eigenvalue weighted by Gasteiger charge is 1.96. The Labute approximate surface area is 107 Å². The van der Waals surface area contributed by atoms with Crippen molar-refractivity contribution in [1.82, 2.24) is 0 Å². The second-order valence-corrected chi connectivity index (χ2v) is 4.99. The number of rotatable bonds is 7. The molecular formula is C12H18N2S2. The van der Waals surface area contributed by atoms with E-state index in [1.807, 2.05) is 36.0 Å². The molecular weight excluding hydrogens is 236 g/mol. The number of hydrogen-bond donors (Lipinski definition) is 2. The number of benzene rings is 1. The molecule has 0 atom stereocenters. The molecule has 0 heterocycles. The standard InChI is InChI=1S/C12H18N2S2/c1-16-9-3-2-8-14-11-6-4-10(5-7-11)12(13)15/h4-7,14H,2-3,8-9H2,1H3,(H2,13,15). The van der Waals surface area contributed by atoms with E-state index in [0.29, 0.717) is 4.99 Å². The first-order valence-electron chi connectivity index (χ1n) is 5.36. The average molecular weight is 254 g/mol. The Bertz CT molecular complexity index is 322. The maximum absolute atomic E-state index is 5.53. The van der Waals surface area contributed by atoms with Crippen LogP contribution in [0.25, 0.3) is 0 Å². The minimum Gasteiger partial charge on any atom is -0.389 e. The van der Waals surface area contributed by atoms with E-state index in [1.54, 1.807) is 0 Å². The van der Waals surface area contributed by atoms with Gasteiger partial charge in [-0.2, -0.15) is 11.8 Å². The Kier molecular flexibility index (Phi) is 6.26. The van der Waals surface area contributed by atoms with Gasteiger partial charge in [0.15, 0.2) is 0 Å². The van der Waals surface area contributed by atoms with Crippen LogP contribution in [0.2, 0.25) is 0 Å². The van der Waals surface area contributed by atoms with Crippen LogP contribution >= 0.6 is 24.0 Å². The van der Waals surface area contributed by atoms with Crippen LogP contribution < -0.4 is 11.1 Å². The fourth-order valence-electron chi connectivity index (χ4n) is 1.36. The lowest BCUT2D eigenvalue weighted by atomic mass is 10.2. The molecule has 3 N–H and O–H groups in total. The van der Waals surface area contributed by atoms with E-state index in [1.165, 1.54) is 18.6 Å². The van der Waals surface area contributed by atoms with Gasteiger partial charge in [-0.3, -0.25) is 0 Å². The van der Waals surface area contributed by atoms with Gasteiger partial charge in [-0.15, -0.1) is 0 Å². The molecule has 0 aliphatic heterocycles. The summed E-state index contributed by atoms with van der Waals surface area (Å²) in [6.07, 6.45) is 4.61. The van der Waals surface area contributed by atoms with Gasteiger partial charge in [0, 0.05) is 17.8 Å². The summed E-state index contributed by atoms with van der Waals surface area (Å²) in [5.41, 5.74) is 7.58. The van der Waals surface area contributed by atoms with Crippen LogP contribution in [0.1, 0.15) is 18.4 Å². The topological polar surface area (TPSA) is 38.0 Å². The lowest BCUT2D eigenvalue weighted by Gasteiger charge is -2.06.